The second-order valence-electron chi connectivity index (χ2n) is 5.75. The third-order valence-corrected chi connectivity index (χ3v) is 5.12. The Morgan fingerprint density at radius 2 is 1.68 bits per heavy atom. The van der Waals surface area contributed by atoms with Crippen LogP contribution >= 0.6 is 11.8 Å². The summed E-state index contributed by atoms with van der Waals surface area (Å²) in [6.45, 7) is 0. The normalized spacial score (nSPS) is 13.5. The average molecular weight is 343 g/mol. The van der Waals surface area contributed by atoms with Crippen LogP contribution in [0.15, 0.2) is 77.2 Å². The van der Waals surface area contributed by atoms with Gasteiger partial charge in [-0.2, -0.15) is 9.78 Å². The minimum atomic E-state index is 0.739. The largest absolute Gasteiger partial charge is 0.265 e. The molecule has 5 rings (SSSR count). The van der Waals surface area contributed by atoms with Gasteiger partial charge in [-0.15, -0.1) is 10.2 Å². The van der Waals surface area contributed by atoms with E-state index in [4.69, 9.17) is 5.10 Å². The molecule has 0 unspecified atom stereocenters. The van der Waals surface area contributed by atoms with E-state index in [0.717, 1.165) is 33.6 Å². The minimum absolute atomic E-state index is 0.739. The van der Waals surface area contributed by atoms with Gasteiger partial charge in [0.1, 0.15) is 0 Å². The van der Waals surface area contributed by atoms with Crippen LogP contribution in [0.2, 0.25) is 0 Å². The van der Waals surface area contributed by atoms with Gasteiger partial charge in [0.2, 0.25) is 5.16 Å². The summed E-state index contributed by atoms with van der Waals surface area (Å²) >= 11 is 1.66. The highest BCUT2D eigenvalue weighted by atomic mass is 32.2. The molecule has 5 nitrogen and oxygen atoms in total. The molecule has 0 atom stereocenters. The van der Waals surface area contributed by atoms with Crippen molar-refractivity contribution in [3.8, 4) is 11.4 Å². The van der Waals surface area contributed by atoms with Crippen LogP contribution in [0.5, 0.6) is 0 Å². The molecular weight excluding hydrogens is 330 g/mol. The van der Waals surface area contributed by atoms with Gasteiger partial charge in [0.25, 0.3) is 0 Å². The Labute approximate surface area is 148 Å². The summed E-state index contributed by atoms with van der Waals surface area (Å²) in [7, 11) is 0. The maximum absolute atomic E-state index is 4.83. The van der Waals surface area contributed by atoms with Crippen LogP contribution in [0.25, 0.3) is 22.2 Å². The summed E-state index contributed by atoms with van der Waals surface area (Å²) in [5.41, 5.74) is 3.11. The molecule has 0 amide bonds. The molecule has 0 fully saturated rings. The van der Waals surface area contributed by atoms with Gasteiger partial charge in [0.05, 0.1) is 5.71 Å². The fourth-order valence-corrected chi connectivity index (χ4v) is 3.76. The predicted octanol–water partition coefficient (Wildman–Crippen LogP) is 3.85. The van der Waals surface area contributed by atoms with Crippen molar-refractivity contribution >= 4 is 28.2 Å². The van der Waals surface area contributed by atoms with Crippen molar-refractivity contribution < 1.29 is 0 Å². The van der Waals surface area contributed by atoms with E-state index in [9.17, 15) is 0 Å². The Hall–Kier alpha value is -2.99. The molecule has 0 aliphatic carbocycles. The molecule has 1 aliphatic rings. The molecule has 4 aromatic rings. The molecular formula is C19H13N5S. The Morgan fingerprint density at radius 1 is 0.840 bits per heavy atom. The Kier molecular flexibility index (Phi) is 3.34. The van der Waals surface area contributed by atoms with Crippen LogP contribution in [0.1, 0.15) is 5.56 Å². The highest BCUT2D eigenvalue weighted by molar-refractivity contribution is 7.99. The van der Waals surface area contributed by atoms with Crippen LogP contribution in [0.4, 0.5) is 0 Å². The molecule has 3 heterocycles. The number of fused-ring (bicyclic) bond motifs is 2. The summed E-state index contributed by atoms with van der Waals surface area (Å²) in [5.74, 6) is 1.52. The van der Waals surface area contributed by atoms with E-state index < -0.39 is 0 Å². The molecule has 2 aromatic heterocycles. The third kappa shape index (κ3) is 2.51. The first-order valence-corrected chi connectivity index (χ1v) is 8.93. The van der Waals surface area contributed by atoms with E-state index in [1.165, 1.54) is 10.8 Å². The smallest absolute Gasteiger partial charge is 0.212 e. The van der Waals surface area contributed by atoms with Crippen LogP contribution in [-0.4, -0.2) is 31.3 Å². The number of pyridine rings is 1. The molecule has 0 bridgehead atoms. The molecule has 0 radical (unpaired) electrons. The zero-order valence-electron chi connectivity index (χ0n) is 13.2. The van der Waals surface area contributed by atoms with Crippen molar-refractivity contribution in [2.45, 2.75) is 5.16 Å². The molecule has 2 aromatic carbocycles. The van der Waals surface area contributed by atoms with Gasteiger partial charge >= 0.3 is 0 Å². The third-order valence-electron chi connectivity index (χ3n) is 4.19. The first-order valence-electron chi connectivity index (χ1n) is 7.94. The number of hydrogen-bond acceptors (Lipinski definition) is 5. The lowest BCUT2D eigenvalue weighted by Gasteiger charge is -2.14. The van der Waals surface area contributed by atoms with Crippen LogP contribution < -0.4 is 0 Å². The lowest BCUT2D eigenvalue weighted by atomic mass is 10.0. The topological polar surface area (TPSA) is 56.0 Å². The molecule has 0 saturated carbocycles. The summed E-state index contributed by atoms with van der Waals surface area (Å²) in [5, 5.41) is 16.7. The monoisotopic (exact) mass is 343 g/mol. The predicted molar refractivity (Wildman–Crippen MR) is 99.9 cm³/mol. The second kappa shape index (κ2) is 5.82. The molecule has 25 heavy (non-hydrogen) atoms. The van der Waals surface area contributed by atoms with Gasteiger partial charge in [-0.05, 0) is 34.5 Å². The maximum atomic E-state index is 4.83. The van der Waals surface area contributed by atoms with Crippen molar-refractivity contribution in [1.29, 1.82) is 0 Å². The van der Waals surface area contributed by atoms with Gasteiger partial charge in [-0.1, -0.05) is 48.2 Å². The van der Waals surface area contributed by atoms with E-state index in [2.05, 4.69) is 57.6 Å². The maximum Gasteiger partial charge on any atom is 0.212 e. The standard InChI is InChI=1S/C19H13N5S/c1-2-4-15-11-16(6-5-13(15)3-1)17-12-25-19-22-21-18(24(19)23-17)14-7-9-20-10-8-14/h1-11H,12H2. The molecule has 0 spiro atoms. The minimum Gasteiger partial charge on any atom is -0.265 e. The van der Waals surface area contributed by atoms with Crippen LogP contribution in [-0.2, 0) is 0 Å². The first-order chi connectivity index (χ1) is 12.4. The Bertz CT molecular complexity index is 1100. The molecule has 6 heteroatoms. The van der Waals surface area contributed by atoms with Crippen molar-refractivity contribution in [3.05, 3.63) is 72.6 Å². The van der Waals surface area contributed by atoms with Crippen molar-refractivity contribution in [1.82, 2.24) is 19.9 Å². The number of benzene rings is 2. The molecule has 0 N–H and O–H groups in total. The molecule has 120 valence electrons. The fraction of sp³-hybridized carbons (Fsp3) is 0.0526. The van der Waals surface area contributed by atoms with Crippen molar-refractivity contribution in [2.24, 2.45) is 5.10 Å². The van der Waals surface area contributed by atoms with Gasteiger partial charge in [0.15, 0.2) is 5.82 Å². The van der Waals surface area contributed by atoms with Gasteiger partial charge in [0, 0.05) is 23.7 Å². The van der Waals surface area contributed by atoms with E-state index in [1.807, 2.05) is 16.8 Å². The molecule has 0 saturated heterocycles. The first kappa shape index (κ1) is 14.4. The summed E-state index contributed by atoms with van der Waals surface area (Å²) in [4.78, 5) is 4.06. The highest BCUT2D eigenvalue weighted by Crippen LogP contribution is 2.28. The Balaban J connectivity index is 1.61. The number of nitrogens with zero attached hydrogens (tertiary/aromatic N) is 5. The molecule has 1 aliphatic heterocycles. The highest BCUT2D eigenvalue weighted by Gasteiger charge is 2.20. The number of aromatic nitrogens is 4. The van der Waals surface area contributed by atoms with Crippen LogP contribution in [0.3, 0.4) is 0 Å². The fourth-order valence-electron chi connectivity index (χ4n) is 2.92. The van der Waals surface area contributed by atoms with Gasteiger partial charge in [-0.3, -0.25) is 4.98 Å². The van der Waals surface area contributed by atoms with Gasteiger partial charge < -0.3 is 0 Å². The zero-order chi connectivity index (χ0) is 16.6. The lowest BCUT2D eigenvalue weighted by molar-refractivity contribution is 0.762. The summed E-state index contributed by atoms with van der Waals surface area (Å²) < 4.78 is 1.83. The quantitative estimate of drug-likeness (QED) is 0.555. The summed E-state index contributed by atoms with van der Waals surface area (Å²) in [6, 6.07) is 18.7. The van der Waals surface area contributed by atoms with Gasteiger partial charge in [-0.25, -0.2) is 0 Å². The van der Waals surface area contributed by atoms with E-state index in [-0.39, 0.29) is 0 Å². The number of hydrogen-bond donors (Lipinski definition) is 0. The number of rotatable bonds is 2. The van der Waals surface area contributed by atoms with Crippen molar-refractivity contribution in [2.75, 3.05) is 5.75 Å². The Morgan fingerprint density at radius 3 is 2.56 bits per heavy atom. The number of thioether (sulfide) groups is 1. The van der Waals surface area contributed by atoms with E-state index >= 15 is 0 Å². The second-order valence-corrected chi connectivity index (χ2v) is 6.69. The zero-order valence-corrected chi connectivity index (χ0v) is 14.0. The average Bonchev–Trinajstić information content (AvgIpc) is 3.11. The van der Waals surface area contributed by atoms with E-state index in [0.29, 0.717) is 0 Å². The lowest BCUT2D eigenvalue weighted by Crippen LogP contribution is -2.13. The SMILES string of the molecule is c1ccc2cc(C3=Nn4c(nnc4-c4ccncc4)SC3)ccc2c1. The summed E-state index contributed by atoms with van der Waals surface area (Å²) in [6.07, 6.45) is 3.50. The van der Waals surface area contributed by atoms with Crippen LogP contribution in [0, 0.1) is 0 Å². The van der Waals surface area contributed by atoms with E-state index in [1.54, 1.807) is 24.2 Å². The van der Waals surface area contributed by atoms with Crippen molar-refractivity contribution in [3.63, 3.8) is 0 Å².